The highest BCUT2D eigenvalue weighted by atomic mass is 16.5. The highest BCUT2D eigenvalue weighted by molar-refractivity contribution is 5.87. The van der Waals surface area contributed by atoms with E-state index in [1.165, 1.54) is 12.5 Å². The van der Waals surface area contributed by atoms with Gasteiger partial charge in [-0.15, -0.1) is 0 Å². The maximum atomic E-state index is 11.9. The van der Waals surface area contributed by atoms with E-state index >= 15 is 0 Å². The molecular formula is C19H26O2. The van der Waals surface area contributed by atoms with E-state index in [1.54, 1.807) is 6.08 Å². The molecule has 0 bridgehead atoms. The standard InChI is InChI=1S/C19H26O2/c1-15-12-13-19(4,18(15,2)3)14-21-17(20)11-10-16-8-6-5-7-9-16/h5-11,15H,12-14H2,1-4H3/b11-10+/t15-,19+/m0/s1. The number of hydrogen-bond donors (Lipinski definition) is 0. The van der Waals surface area contributed by atoms with Crippen molar-refractivity contribution in [1.82, 2.24) is 0 Å². The number of ether oxygens (including phenoxy) is 1. The minimum absolute atomic E-state index is 0.0721. The fraction of sp³-hybridized carbons (Fsp3) is 0.526. The zero-order chi connectivity index (χ0) is 15.5. The van der Waals surface area contributed by atoms with Crippen LogP contribution in [0.4, 0.5) is 0 Å². The van der Waals surface area contributed by atoms with E-state index in [-0.39, 0.29) is 16.8 Å². The lowest BCUT2D eigenvalue weighted by Gasteiger charge is -2.40. The summed E-state index contributed by atoms with van der Waals surface area (Å²) in [6, 6.07) is 9.79. The topological polar surface area (TPSA) is 26.3 Å². The molecule has 1 saturated carbocycles. The monoisotopic (exact) mass is 286 g/mol. The Bertz CT molecular complexity index is 516. The molecule has 1 aromatic carbocycles. The molecule has 2 heteroatoms. The number of rotatable bonds is 4. The summed E-state index contributed by atoms with van der Waals surface area (Å²) in [7, 11) is 0. The Labute approximate surface area is 128 Å². The molecule has 2 nitrogen and oxygen atoms in total. The molecule has 0 aromatic heterocycles. The van der Waals surface area contributed by atoms with E-state index in [4.69, 9.17) is 4.74 Å². The first-order valence-electron chi connectivity index (χ1n) is 7.75. The third kappa shape index (κ3) is 3.37. The molecule has 0 unspecified atom stereocenters. The lowest BCUT2D eigenvalue weighted by molar-refractivity contribution is -0.143. The van der Waals surface area contributed by atoms with Crippen LogP contribution in [0.3, 0.4) is 0 Å². The van der Waals surface area contributed by atoms with Gasteiger partial charge in [0.2, 0.25) is 0 Å². The van der Waals surface area contributed by atoms with Crippen LogP contribution in [0.1, 0.15) is 46.1 Å². The minimum Gasteiger partial charge on any atom is -0.462 e. The van der Waals surface area contributed by atoms with Crippen LogP contribution in [-0.2, 0) is 9.53 Å². The summed E-state index contributed by atoms with van der Waals surface area (Å²) in [5, 5.41) is 0. The zero-order valence-electron chi connectivity index (χ0n) is 13.6. The van der Waals surface area contributed by atoms with Gasteiger partial charge in [0.25, 0.3) is 0 Å². The van der Waals surface area contributed by atoms with Gasteiger partial charge < -0.3 is 4.74 Å². The van der Waals surface area contributed by atoms with Gasteiger partial charge in [-0.3, -0.25) is 0 Å². The van der Waals surface area contributed by atoms with Crippen molar-refractivity contribution < 1.29 is 9.53 Å². The van der Waals surface area contributed by atoms with Crippen LogP contribution in [-0.4, -0.2) is 12.6 Å². The van der Waals surface area contributed by atoms with Crippen LogP contribution >= 0.6 is 0 Å². The Balaban J connectivity index is 1.91. The van der Waals surface area contributed by atoms with Gasteiger partial charge in [0, 0.05) is 11.5 Å². The number of benzene rings is 1. The van der Waals surface area contributed by atoms with Gasteiger partial charge >= 0.3 is 5.97 Å². The molecule has 0 saturated heterocycles. The molecular weight excluding hydrogens is 260 g/mol. The maximum Gasteiger partial charge on any atom is 0.330 e. The summed E-state index contributed by atoms with van der Waals surface area (Å²) < 4.78 is 5.51. The number of hydrogen-bond acceptors (Lipinski definition) is 2. The molecule has 1 aliphatic rings. The van der Waals surface area contributed by atoms with Crippen molar-refractivity contribution in [2.24, 2.45) is 16.7 Å². The predicted octanol–water partition coefficient (Wildman–Crippen LogP) is 4.71. The fourth-order valence-electron chi connectivity index (χ4n) is 3.08. The van der Waals surface area contributed by atoms with Crippen molar-refractivity contribution in [3.63, 3.8) is 0 Å². The van der Waals surface area contributed by atoms with Gasteiger partial charge in [0.15, 0.2) is 0 Å². The number of carbonyl (C=O) groups excluding carboxylic acids is 1. The molecule has 1 fully saturated rings. The van der Waals surface area contributed by atoms with E-state index in [1.807, 2.05) is 30.3 Å². The summed E-state index contributed by atoms with van der Waals surface area (Å²) in [6.07, 6.45) is 5.65. The first kappa shape index (κ1) is 15.8. The van der Waals surface area contributed by atoms with Gasteiger partial charge in [-0.1, -0.05) is 58.0 Å². The minimum atomic E-state index is -0.254. The first-order chi connectivity index (χ1) is 9.85. The summed E-state index contributed by atoms with van der Waals surface area (Å²) in [5.41, 5.74) is 1.29. The van der Waals surface area contributed by atoms with Crippen molar-refractivity contribution in [1.29, 1.82) is 0 Å². The zero-order valence-corrected chi connectivity index (χ0v) is 13.6. The second-order valence-corrected chi connectivity index (χ2v) is 7.07. The highest BCUT2D eigenvalue weighted by Gasteiger charge is 2.50. The molecule has 2 atom stereocenters. The Morgan fingerprint density at radius 3 is 2.52 bits per heavy atom. The van der Waals surface area contributed by atoms with Crippen molar-refractivity contribution in [3.8, 4) is 0 Å². The Morgan fingerprint density at radius 2 is 1.95 bits per heavy atom. The molecule has 1 aromatic rings. The average molecular weight is 286 g/mol. The SMILES string of the molecule is C[C@H]1CC[C@](C)(COC(=O)/C=C/c2ccccc2)C1(C)C. The van der Waals surface area contributed by atoms with E-state index in [9.17, 15) is 4.79 Å². The van der Waals surface area contributed by atoms with Crippen molar-refractivity contribution in [2.75, 3.05) is 6.61 Å². The summed E-state index contributed by atoms with van der Waals surface area (Å²) in [5.74, 6) is 0.413. The van der Waals surface area contributed by atoms with Gasteiger partial charge in [-0.25, -0.2) is 4.79 Å². The Kier molecular flexibility index (Phi) is 4.55. The van der Waals surface area contributed by atoms with E-state index in [0.717, 1.165) is 12.0 Å². The van der Waals surface area contributed by atoms with E-state index in [0.29, 0.717) is 12.5 Å². The second kappa shape index (κ2) is 6.05. The van der Waals surface area contributed by atoms with Gasteiger partial charge in [0.1, 0.15) is 0 Å². The third-order valence-corrected chi connectivity index (χ3v) is 5.66. The van der Waals surface area contributed by atoms with Crippen LogP contribution < -0.4 is 0 Å². The lowest BCUT2D eigenvalue weighted by Crippen LogP contribution is -2.37. The summed E-state index contributed by atoms with van der Waals surface area (Å²) in [4.78, 5) is 11.9. The van der Waals surface area contributed by atoms with Crippen LogP contribution in [0.5, 0.6) is 0 Å². The first-order valence-corrected chi connectivity index (χ1v) is 7.75. The van der Waals surface area contributed by atoms with Crippen LogP contribution in [0.2, 0.25) is 0 Å². The molecule has 2 rings (SSSR count). The van der Waals surface area contributed by atoms with Crippen molar-refractivity contribution in [3.05, 3.63) is 42.0 Å². The number of carbonyl (C=O) groups is 1. The highest BCUT2D eigenvalue weighted by Crippen LogP contribution is 2.55. The summed E-state index contributed by atoms with van der Waals surface area (Å²) in [6.45, 7) is 9.62. The Hall–Kier alpha value is -1.57. The fourth-order valence-corrected chi connectivity index (χ4v) is 3.08. The predicted molar refractivity (Wildman–Crippen MR) is 86.7 cm³/mol. The Morgan fingerprint density at radius 1 is 1.29 bits per heavy atom. The lowest BCUT2D eigenvalue weighted by atomic mass is 9.66. The van der Waals surface area contributed by atoms with Crippen LogP contribution in [0.15, 0.2) is 36.4 Å². The van der Waals surface area contributed by atoms with E-state index < -0.39 is 0 Å². The largest absolute Gasteiger partial charge is 0.462 e. The molecule has 0 amide bonds. The van der Waals surface area contributed by atoms with Gasteiger partial charge in [0.05, 0.1) is 6.61 Å². The molecule has 0 radical (unpaired) electrons. The van der Waals surface area contributed by atoms with Crippen molar-refractivity contribution >= 4 is 12.0 Å². The van der Waals surface area contributed by atoms with Gasteiger partial charge in [-0.2, -0.15) is 0 Å². The second-order valence-electron chi connectivity index (χ2n) is 7.07. The molecule has 0 heterocycles. The normalized spacial score (nSPS) is 27.9. The quantitative estimate of drug-likeness (QED) is 0.592. The molecule has 0 spiro atoms. The summed E-state index contributed by atoms with van der Waals surface area (Å²) >= 11 is 0. The smallest absolute Gasteiger partial charge is 0.330 e. The average Bonchev–Trinajstić information content (AvgIpc) is 2.68. The maximum absolute atomic E-state index is 11.9. The van der Waals surface area contributed by atoms with Crippen LogP contribution in [0, 0.1) is 16.7 Å². The molecule has 1 aliphatic carbocycles. The molecule has 0 N–H and O–H groups in total. The molecule has 21 heavy (non-hydrogen) atoms. The third-order valence-electron chi connectivity index (χ3n) is 5.66. The van der Waals surface area contributed by atoms with Gasteiger partial charge in [-0.05, 0) is 35.8 Å². The molecule has 0 aliphatic heterocycles. The van der Waals surface area contributed by atoms with E-state index in [2.05, 4.69) is 27.7 Å². The number of esters is 1. The molecule has 114 valence electrons. The van der Waals surface area contributed by atoms with Crippen molar-refractivity contribution in [2.45, 2.75) is 40.5 Å². The van der Waals surface area contributed by atoms with Crippen LogP contribution in [0.25, 0.3) is 6.08 Å².